The Morgan fingerprint density at radius 2 is 1.67 bits per heavy atom. The van der Waals surface area contributed by atoms with Gasteiger partial charge in [-0.05, 0) is 42.7 Å². The van der Waals surface area contributed by atoms with Crippen LogP contribution >= 0.6 is 0 Å². The summed E-state index contributed by atoms with van der Waals surface area (Å²) in [4.78, 5) is 13.4. The van der Waals surface area contributed by atoms with Crippen molar-refractivity contribution in [1.82, 2.24) is 4.31 Å². The molecule has 1 saturated carbocycles. The summed E-state index contributed by atoms with van der Waals surface area (Å²) in [6.07, 6.45) is -2.23. The number of rotatable bonds is 5. The number of hydrogen-bond donors (Lipinski definition) is 1. The summed E-state index contributed by atoms with van der Waals surface area (Å²) in [7, 11) is -3.75. The Balaban J connectivity index is 1.61. The van der Waals surface area contributed by atoms with Crippen LogP contribution in [0, 0.1) is 0 Å². The lowest BCUT2D eigenvalue weighted by Gasteiger charge is -2.29. The van der Waals surface area contributed by atoms with E-state index in [1.165, 1.54) is 28.6 Å². The average Bonchev–Trinajstić information content (AvgIpc) is 3.31. The van der Waals surface area contributed by atoms with Crippen molar-refractivity contribution in [3.8, 4) is 0 Å². The van der Waals surface area contributed by atoms with E-state index in [-0.39, 0.29) is 23.7 Å². The molecule has 2 aromatic carbocycles. The van der Waals surface area contributed by atoms with Gasteiger partial charge in [-0.3, -0.25) is 4.79 Å². The van der Waals surface area contributed by atoms with Crippen LogP contribution in [0.4, 0.5) is 18.9 Å². The highest BCUT2D eigenvalue weighted by Gasteiger charge is 2.44. The second-order valence-electron chi connectivity index (χ2n) is 8.37. The fourth-order valence-corrected chi connectivity index (χ4v) is 5.99. The van der Waals surface area contributed by atoms with Crippen molar-refractivity contribution >= 4 is 21.6 Å². The van der Waals surface area contributed by atoms with Gasteiger partial charge in [-0.2, -0.15) is 17.5 Å². The number of amides is 1. The highest BCUT2D eigenvalue weighted by molar-refractivity contribution is 7.89. The number of benzene rings is 2. The minimum atomic E-state index is -4.51. The molecule has 10 heteroatoms. The minimum Gasteiger partial charge on any atom is -0.379 e. The van der Waals surface area contributed by atoms with Crippen molar-refractivity contribution in [3.63, 3.8) is 0 Å². The molecule has 1 N–H and O–H groups in total. The highest BCUT2D eigenvalue weighted by Crippen LogP contribution is 2.43. The van der Waals surface area contributed by atoms with Crippen molar-refractivity contribution in [2.24, 2.45) is 0 Å². The van der Waals surface area contributed by atoms with Gasteiger partial charge in [0, 0.05) is 18.8 Å². The standard InChI is InChI=1S/C23H25F3N2O4S/c24-23(25,26)18-6-3-5-17(15-18)22(9-1-2-10-22)21(29)27-19-7-4-8-20(16-19)33(30,31)28-11-13-32-14-12-28/h3-8,15-16H,1-2,9-14H2,(H,27,29). The van der Waals surface area contributed by atoms with Crippen molar-refractivity contribution in [1.29, 1.82) is 0 Å². The topological polar surface area (TPSA) is 75.7 Å². The smallest absolute Gasteiger partial charge is 0.379 e. The molecule has 2 aromatic rings. The first kappa shape index (κ1) is 23.7. The maximum Gasteiger partial charge on any atom is 0.416 e. The molecular weight excluding hydrogens is 457 g/mol. The minimum absolute atomic E-state index is 0.0433. The second kappa shape index (κ2) is 9.08. The van der Waals surface area contributed by atoms with Gasteiger partial charge in [0.25, 0.3) is 0 Å². The van der Waals surface area contributed by atoms with Gasteiger partial charge in [0.1, 0.15) is 0 Å². The molecule has 4 rings (SSSR count). The number of hydrogen-bond acceptors (Lipinski definition) is 4. The lowest BCUT2D eigenvalue weighted by atomic mass is 9.77. The number of alkyl halides is 3. The summed E-state index contributed by atoms with van der Waals surface area (Å²) in [5.41, 5.74) is -1.28. The fraction of sp³-hybridized carbons (Fsp3) is 0.435. The van der Waals surface area contributed by atoms with E-state index in [9.17, 15) is 26.4 Å². The Kier molecular flexibility index (Phi) is 6.52. The summed E-state index contributed by atoms with van der Waals surface area (Å²) in [5, 5.41) is 2.77. The van der Waals surface area contributed by atoms with Crippen LogP contribution in [0.15, 0.2) is 53.4 Å². The molecule has 6 nitrogen and oxygen atoms in total. The Labute approximate surface area is 190 Å². The summed E-state index contributed by atoms with van der Waals surface area (Å²) >= 11 is 0. The third-order valence-electron chi connectivity index (χ3n) is 6.33. The van der Waals surface area contributed by atoms with E-state index in [0.717, 1.165) is 25.0 Å². The molecule has 1 saturated heterocycles. The quantitative estimate of drug-likeness (QED) is 0.694. The molecule has 2 fully saturated rings. The van der Waals surface area contributed by atoms with E-state index < -0.39 is 33.1 Å². The van der Waals surface area contributed by atoms with Gasteiger partial charge >= 0.3 is 6.18 Å². The SMILES string of the molecule is O=C(Nc1cccc(S(=O)(=O)N2CCOCC2)c1)C1(c2cccc(C(F)(F)F)c2)CCCC1. The number of morpholine rings is 1. The third-order valence-corrected chi connectivity index (χ3v) is 8.23. The van der Waals surface area contributed by atoms with E-state index in [0.29, 0.717) is 31.6 Å². The normalized spacial score (nSPS) is 19.4. The number of halogens is 3. The molecular formula is C23H25F3N2O4S. The van der Waals surface area contributed by atoms with Crippen LogP contribution in [-0.2, 0) is 31.1 Å². The predicted molar refractivity (Wildman–Crippen MR) is 116 cm³/mol. The number of carbonyl (C=O) groups is 1. The molecule has 0 aromatic heterocycles. The zero-order chi connectivity index (χ0) is 23.7. The molecule has 178 valence electrons. The summed E-state index contributed by atoms with van der Waals surface area (Å²) in [5.74, 6) is -0.430. The summed E-state index contributed by atoms with van der Waals surface area (Å²) in [6.45, 7) is 1.12. The number of anilines is 1. The molecule has 33 heavy (non-hydrogen) atoms. The number of nitrogens with one attached hydrogen (secondary N) is 1. The number of carbonyl (C=O) groups excluding carboxylic acids is 1. The van der Waals surface area contributed by atoms with Crippen LogP contribution in [0.2, 0.25) is 0 Å². The van der Waals surface area contributed by atoms with Crippen LogP contribution < -0.4 is 5.32 Å². The van der Waals surface area contributed by atoms with Crippen LogP contribution in [0.1, 0.15) is 36.8 Å². The van der Waals surface area contributed by atoms with Crippen LogP contribution in [0.25, 0.3) is 0 Å². The van der Waals surface area contributed by atoms with Crippen molar-refractivity contribution in [3.05, 3.63) is 59.7 Å². The molecule has 1 heterocycles. The Morgan fingerprint density at radius 1 is 1.00 bits per heavy atom. The zero-order valence-corrected chi connectivity index (χ0v) is 18.7. The maximum atomic E-state index is 13.4. The molecule has 1 aliphatic heterocycles. The predicted octanol–water partition coefficient (Wildman–Crippen LogP) is 4.18. The Morgan fingerprint density at radius 3 is 2.33 bits per heavy atom. The van der Waals surface area contributed by atoms with E-state index in [1.54, 1.807) is 12.1 Å². The molecule has 2 aliphatic rings. The summed E-state index contributed by atoms with van der Waals surface area (Å²) in [6, 6.07) is 10.9. The zero-order valence-electron chi connectivity index (χ0n) is 17.9. The van der Waals surface area contributed by atoms with Gasteiger partial charge in [0.2, 0.25) is 15.9 Å². The molecule has 0 atom stereocenters. The van der Waals surface area contributed by atoms with Gasteiger partial charge in [-0.15, -0.1) is 0 Å². The Hall–Kier alpha value is -2.43. The van der Waals surface area contributed by atoms with Gasteiger partial charge in [-0.25, -0.2) is 8.42 Å². The van der Waals surface area contributed by atoms with E-state index >= 15 is 0 Å². The first-order valence-electron chi connectivity index (χ1n) is 10.8. The molecule has 0 bridgehead atoms. The van der Waals surface area contributed by atoms with E-state index in [1.807, 2.05) is 0 Å². The number of sulfonamides is 1. The van der Waals surface area contributed by atoms with E-state index in [4.69, 9.17) is 4.74 Å². The lowest BCUT2D eigenvalue weighted by Crippen LogP contribution is -2.40. The molecule has 0 unspecified atom stereocenters. The van der Waals surface area contributed by atoms with Gasteiger partial charge in [-0.1, -0.05) is 37.1 Å². The van der Waals surface area contributed by atoms with Crippen LogP contribution in [0.5, 0.6) is 0 Å². The van der Waals surface area contributed by atoms with Crippen molar-refractivity contribution in [2.75, 3.05) is 31.6 Å². The van der Waals surface area contributed by atoms with Gasteiger partial charge in [0.05, 0.1) is 29.1 Å². The average molecular weight is 483 g/mol. The van der Waals surface area contributed by atoms with Gasteiger partial charge < -0.3 is 10.1 Å². The van der Waals surface area contributed by atoms with E-state index in [2.05, 4.69) is 5.32 Å². The first-order chi connectivity index (χ1) is 15.6. The van der Waals surface area contributed by atoms with Crippen molar-refractivity contribution < 1.29 is 31.1 Å². The van der Waals surface area contributed by atoms with Crippen LogP contribution in [0.3, 0.4) is 0 Å². The largest absolute Gasteiger partial charge is 0.416 e. The third kappa shape index (κ3) is 4.78. The first-order valence-corrected chi connectivity index (χ1v) is 12.2. The second-order valence-corrected chi connectivity index (χ2v) is 10.3. The number of ether oxygens (including phenoxy) is 1. The van der Waals surface area contributed by atoms with Crippen LogP contribution in [-0.4, -0.2) is 44.9 Å². The van der Waals surface area contributed by atoms with Gasteiger partial charge in [0.15, 0.2) is 0 Å². The highest BCUT2D eigenvalue weighted by atomic mass is 32.2. The molecule has 1 amide bonds. The molecule has 1 aliphatic carbocycles. The molecule has 0 radical (unpaired) electrons. The lowest BCUT2D eigenvalue weighted by molar-refractivity contribution is -0.137. The fourth-order valence-electron chi connectivity index (χ4n) is 4.54. The van der Waals surface area contributed by atoms with Crippen molar-refractivity contribution in [2.45, 2.75) is 42.2 Å². The summed E-state index contributed by atoms with van der Waals surface area (Å²) < 4.78 is 72.2. The number of nitrogens with zero attached hydrogens (tertiary/aromatic N) is 1. The monoisotopic (exact) mass is 482 g/mol. The Bertz CT molecular complexity index is 1120. The molecule has 0 spiro atoms. The maximum absolute atomic E-state index is 13.4.